The van der Waals surface area contributed by atoms with Gasteiger partial charge in [0.25, 0.3) is 0 Å². The molecule has 172 valence electrons. The van der Waals surface area contributed by atoms with Crippen LogP contribution in [0.1, 0.15) is 94.4 Å². The van der Waals surface area contributed by atoms with Crippen LogP contribution in [0.15, 0.2) is 6.07 Å². The molecule has 0 spiro atoms. The minimum absolute atomic E-state index is 0. The molecular weight excluding hydrogens is 420 g/mol. The van der Waals surface area contributed by atoms with E-state index in [9.17, 15) is 14.4 Å². The summed E-state index contributed by atoms with van der Waals surface area (Å²) in [5, 5.41) is 23.7. The summed E-state index contributed by atoms with van der Waals surface area (Å²) in [4.78, 5) is 28.8. The smallest absolute Gasteiger partial charge is 0.303 e. The minimum atomic E-state index is -0.711. The Kier molecular flexibility index (Phi) is 22.9. The molecule has 30 heavy (non-hydrogen) atoms. The maximum Gasteiger partial charge on any atom is 0.303 e. The monoisotopic (exact) mass is 459 g/mol. The Morgan fingerprint density at radius 1 is 0.833 bits per heavy atom. The fourth-order valence-corrected chi connectivity index (χ4v) is 2.92. The molecule has 6 nitrogen and oxygen atoms in total. The first-order chi connectivity index (χ1) is 13.6. The van der Waals surface area contributed by atoms with Gasteiger partial charge in [-0.2, -0.15) is 28.3 Å². The third-order valence-corrected chi connectivity index (χ3v) is 4.24. The van der Waals surface area contributed by atoms with E-state index in [-0.39, 0.29) is 21.7 Å². The molecule has 0 saturated carbocycles. The fourth-order valence-electron chi connectivity index (χ4n) is 2.92. The number of rotatable bonds is 6. The molecular formula is C23H39O6Ti-. The van der Waals surface area contributed by atoms with Crippen LogP contribution in [0.2, 0.25) is 0 Å². The molecule has 0 heterocycles. The summed E-state index contributed by atoms with van der Waals surface area (Å²) in [7, 11) is 0. The van der Waals surface area contributed by atoms with Crippen LogP contribution < -0.4 is 0 Å². The van der Waals surface area contributed by atoms with E-state index in [4.69, 9.17) is 15.3 Å². The third-order valence-electron chi connectivity index (χ3n) is 4.24. The molecule has 1 aliphatic carbocycles. The van der Waals surface area contributed by atoms with Gasteiger partial charge in [-0.3, -0.25) is 14.4 Å². The summed E-state index contributed by atoms with van der Waals surface area (Å²) < 4.78 is 0. The molecule has 1 aliphatic rings. The molecule has 0 atom stereocenters. The molecule has 0 saturated heterocycles. The Morgan fingerprint density at radius 3 is 1.47 bits per heavy atom. The Hall–Kier alpha value is -1.53. The van der Waals surface area contributed by atoms with E-state index in [0.717, 1.165) is 19.3 Å². The molecule has 0 amide bonds. The van der Waals surface area contributed by atoms with Crippen molar-refractivity contribution in [1.29, 1.82) is 0 Å². The molecule has 7 heteroatoms. The largest absolute Gasteiger partial charge is 0.481 e. The van der Waals surface area contributed by atoms with Crippen molar-refractivity contribution in [3.05, 3.63) is 28.3 Å². The van der Waals surface area contributed by atoms with Gasteiger partial charge in [0, 0.05) is 41.0 Å². The molecule has 0 radical (unpaired) electrons. The van der Waals surface area contributed by atoms with E-state index >= 15 is 0 Å². The Balaban J connectivity index is -0.000000339. The second kappa shape index (κ2) is 20.7. The predicted molar refractivity (Wildman–Crippen MR) is 116 cm³/mol. The summed E-state index contributed by atoms with van der Waals surface area (Å²) >= 11 is 0. The van der Waals surface area contributed by atoms with Crippen molar-refractivity contribution in [2.75, 3.05) is 0 Å². The van der Waals surface area contributed by atoms with Crippen LogP contribution in [0.25, 0.3) is 0 Å². The predicted octanol–water partition coefficient (Wildman–Crippen LogP) is 5.51. The average Bonchev–Trinajstić information content (AvgIpc) is 2.91. The van der Waals surface area contributed by atoms with Crippen molar-refractivity contribution in [3.8, 4) is 0 Å². The Morgan fingerprint density at radius 2 is 1.20 bits per heavy atom. The second-order valence-corrected chi connectivity index (χ2v) is 7.11. The number of fused-ring (bicyclic) bond motifs is 1. The summed E-state index contributed by atoms with van der Waals surface area (Å²) in [5.41, 5.74) is 6.37. The van der Waals surface area contributed by atoms with E-state index in [0.29, 0.717) is 19.3 Å². The van der Waals surface area contributed by atoms with Crippen molar-refractivity contribution in [2.24, 2.45) is 0 Å². The number of aryl methyl sites for hydroxylation is 2. The summed E-state index contributed by atoms with van der Waals surface area (Å²) in [6.45, 7) is 10.0. The first kappa shape index (κ1) is 33.1. The molecule has 0 unspecified atom stereocenters. The molecule has 3 N–H and O–H groups in total. The van der Waals surface area contributed by atoms with Gasteiger partial charge in [-0.1, -0.05) is 60.3 Å². The van der Waals surface area contributed by atoms with Gasteiger partial charge in [0.2, 0.25) is 0 Å². The summed E-state index contributed by atoms with van der Waals surface area (Å²) in [6, 6.07) is 2.34. The van der Waals surface area contributed by atoms with Crippen molar-refractivity contribution < 1.29 is 51.4 Å². The van der Waals surface area contributed by atoms with Gasteiger partial charge in [0.1, 0.15) is 0 Å². The van der Waals surface area contributed by atoms with Crippen LogP contribution in [-0.4, -0.2) is 33.2 Å². The van der Waals surface area contributed by atoms with E-state index in [1.54, 1.807) is 11.1 Å². The summed E-state index contributed by atoms with van der Waals surface area (Å²) in [5.74, 6) is -2.13. The number of carboxylic acids is 3. The number of aliphatic carboxylic acids is 3. The zero-order valence-electron chi connectivity index (χ0n) is 19.2. The van der Waals surface area contributed by atoms with Gasteiger partial charge in [-0.05, 0) is 19.3 Å². The molecule has 1 aromatic rings. The first-order valence-corrected chi connectivity index (χ1v) is 10.5. The topological polar surface area (TPSA) is 112 Å². The number of carboxylic acid groups (broad SMARTS) is 3. The van der Waals surface area contributed by atoms with Gasteiger partial charge in [-0.15, -0.1) is 0 Å². The van der Waals surface area contributed by atoms with Gasteiger partial charge >= 0.3 is 17.9 Å². The Bertz CT molecular complexity index is 543. The Labute approximate surface area is 196 Å². The zero-order valence-corrected chi connectivity index (χ0v) is 20.8. The number of carbonyl (C=O) groups is 3. The van der Waals surface area contributed by atoms with E-state index in [1.165, 1.54) is 36.8 Å². The molecule has 0 aromatic heterocycles. The normalized spacial score (nSPS) is 11.0. The second-order valence-electron chi connectivity index (χ2n) is 7.11. The van der Waals surface area contributed by atoms with Crippen LogP contribution in [0.4, 0.5) is 0 Å². The van der Waals surface area contributed by atoms with Crippen LogP contribution in [0.3, 0.4) is 0 Å². The minimum Gasteiger partial charge on any atom is -0.481 e. The SMILES string of the molecule is CCCC(=O)O.CCCC(=O)O.CCCC(=O)O.Cc1c[c-](C)c2c1CCCC2.[Ti]. The average molecular weight is 459 g/mol. The van der Waals surface area contributed by atoms with Crippen molar-refractivity contribution in [2.45, 2.75) is 98.8 Å². The van der Waals surface area contributed by atoms with E-state index in [2.05, 4.69) is 19.9 Å². The molecule has 0 fully saturated rings. The first-order valence-electron chi connectivity index (χ1n) is 10.5. The van der Waals surface area contributed by atoms with E-state index < -0.39 is 17.9 Å². The van der Waals surface area contributed by atoms with Gasteiger partial charge in [0.15, 0.2) is 0 Å². The van der Waals surface area contributed by atoms with Crippen LogP contribution in [0.5, 0.6) is 0 Å². The standard InChI is InChI=1S/C11H15.3C4H8O2.Ti/c1-8-7-9(2)11-6-4-3-5-10(8)11;3*1-2-3-4(5)6;/h7H,3-6H2,1-2H3;3*2-3H2,1H3,(H,5,6);/q-1;;;;. The summed E-state index contributed by atoms with van der Waals surface area (Å²) in [6.07, 6.45) is 8.53. The van der Waals surface area contributed by atoms with Gasteiger partial charge in [0.05, 0.1) is 0 Å². The third kappa shape index (κ3) is 18.5. The fraction of sp³-hybridized carbons (Fsp3) is 0.652. The molecule has 2 rings (SSSR count). The van der Waals surface area contributed by atoms with Crippen molar-refractivity contribution in [1.82, 2.24) is 0 Å². The van der Waals surface area contributed by atoms with Gasteiger partial charge in [-0.25, -0.2) is 0 Å². The maximum absolute atomic E-state index is 9.60. The van der Waals surface area contributed by atoms with Gasteiger partial charge < -0.3 is 15.3 Å². The molecule has 1 aromatic carbocycles. The van der Waals surface area contributed by atoms with Crippen LogP contribution >= 0.6 is 0 Å². The van der Waals surface area contributed by atoms with Crippen LogP contribution in [-0.2, 0) is 48.9 Å². The van der Waals surface area contributed by atoms with Crippen molar-refractivity contribution in [3.63, 3.8) is 0 Å². The quantitative estimate of drug-likeness (QED) is 0.382. The molecule has 0 aliphatic heterocycles. The van der Waals surface area contributed by atoms with Crippen molar-refractivity contribution >= 4 is 17.9 Å². The molecule has 0 bridgehead atoms. The number of hydrogen-bond donors (Lipinski definition) is 3. The zero-order chi connectivity index (χ0) is 22.8. The maximum atomic E-state index is 9.60. The van der Waals surface area contributed by atoms with Crippen LogP contribution in [0, 0.1) is 13.8 Å². The van der Waals surface area contributed by atoms with E-state index in [1.807, 2.05) is 20.8 Å². The number of hydrogen-bond acceptors (Lipinski definition) is 3.